The van der Waals surface area contributed by atoms with Gasteiger partial charge in [0, 0.05) is 0 Å². The van der Waals surface area contributed by atoms with E-state index in [1.54, 1.807) is 0 Å². The fourth-order valence-corrected chi connectivity index (χ4v) is 3.15. The van der Waals surface area contributed by atoms with Crippen LogP contribution in [0.3, 0.4) is 0 Å². The van der Waals surface area contributed by atoms with Gasteiger partial charge in [0.25, 0.3) is 0 Å². The van der Waals surface area contributed by atoms with Gasteiger partial charge in [-0.2, -0.15) is 0 Å². The molecule has 0 saturated heterocycles. The van der Waals surface area contributed by atoms with Crippen LogP contribution < -0.4 is 0 Å². The van der Waals surface area contributed by atoms with Crippen LogP contribution >= 0.6 is 0 Å². The second-order valence-corrected chi connectivity index (χ2v) is 7.01. The third-order valence-electron chi connectivity index (χ3n) is 4.74. The van der Waals surface area contributed by atoms with Gasteiger partial charge in [0.05, 0.1) is 5.60 Å². The van der Waals surface area contributed by atoms with E-state index < -0.39 is 0 Å². The van der Waals surface area contributed by atoms with Crippen molar-refractivity contribution in [2.45, 2.75) is 129 Å². The maximum Gasteiger partial charge on any atom is 0.0647 e. The summed E-state index contributed by atoms with van der Waals surface area (Å²) in [5, 5.41) is 10.8. The third-order valence-corrected chi connectivity index (χ3v) is 4.74. The molecule has 1 heteroatoms. The van der Waals surface area contributed by atoms with Crippen molar-refractivity contribution in [2.24, 2.45) is 0 Å². The van der Waals surface area contributed by atoms with Crippen LogP contribution in [0.15, 0.2) is 0 Å². The van der Waals surface area contributed by atoms with E-state index in [0.29, 0.717) is 0 Å². The number of unbranched alkanes of at least 4 members (excludes halogenated alkanes) is 10. The van der Waals surface area contributed by atoms with Crippen LogP contribution in [-0.4, -0.2) is 10.7 Å². The van der Waals surface area contributed by atoms with Crippen molar-refractivity contribution in [1.29, 1.82) is 0 Å². The van der Waals surface area contributed by atoms with E-state index in [0.717, 1.165) is 19.3 Å². The fourth-order valence-electron chi connectivity index (χ4n) is 3.15. The van der Waals surface area contributed by atoms with Gasteiger partial charge in [-0.1, -0.05) is 104 Å². The lowest BCUT2D eigenvalue weighted by molar-refractivity contribution is 0.00788. The van der Waals surface area contributed by atoms with Gasteiger partial charge in [-0.3, -0.25) is 0 Å². The van der Waals surface area contributed by atoms with Crippen molar-refractivity contribution >= 4 is 0 Å². The lowest BCUT2D eigenvalue weighted by atomic mass is 9.86. The van der Waals surface area contributed by atoms with Gasteiger partial charge in [-0.25, -0.2) is 0 Å². The van der Waals surface area contributed by atoms with Crippen molar-refractivity contribution < 1.29 is 5.11 Å². The molecule has 0 aliphatic heterocycles. The summed E-state index contributed by atoms with van der Waals surface area (Å²) in [6.45, 7) is 6.72. The molecule has 1 N–H and O–H groups in total. The maximum absolute atomic E-state index is 10.8. The molecular formula is C20H42O. The lowest BCUT2D eigenvalue weighted by Gasteiger charge is -2.28. The Kier molecular flexibility index (Phi) is 14.9. The van der Waals surface area contributed by atoms with Gasteiger partial charge in [-0.15, -0.1) is 0 Å². The minimum Gasteiger partial charge on any atom is -0.390 e. The van der Waals surface area contributed by atoms with Crippen LogP contribution in [0.2, 0.25) is 0 Å². The summed E-state index contributed by atoms with van der Waals surface area (Å²) in [5.41, 5.74) is -0.354. The minimum atomic E-state index is -0.354. The predicted molar refractivity (Wildman–Crippen MR) is 95.8 cm³/mol. The van der Waals surface area contributed by atoms with Crippen molar-refractivity contribution in [2.75, 3.05) is 0 Å². The van der Waals surface area contributed by atoms with Gasteiger partial charge in [0.2, 0.25) is 0 Å². The predicted octanol–water partition coefficient (Wildman–Crippen LogP) is 7.02. The smallest absolute Gasteiger partial charge is 0.0647 e. The van der Waals surface area contributed by atoms with Crippen molar-refractivity contribution in [3.05, 3.63) is 0 Å². The molecule has 21 heavy (non-hydrogen) atoms. The Bertz CT molecular complexity index is 192. The molecule has 0 amide bonds. The van der Waals surface area contributed by atoms with Crippen LogP contribution in [0.1, 0.15) is 124 Å². The van der Waals surface area contributed by atoms with Crippen molar-refractivity contribution in [3.8, 4) is 0 Å². The quantitative estimate of drug-likeness (QED) is 0.304. The second-order valence-electron chi connectivity index (χ2n) is 7.01. The highest BCUT2D eigenvalue weighted by Crippen LogP contribution is 2.27. The topological polar surface area (TPSA) is 20.2 Å². The number of hydrogen-bond acceptors (Lipinski definition) is 1. The monoisotopic (exact) mass is 298 g/mol. The summed E-state index contributed by atoms with van der Waals surface area (Å²) in [5.74, 6) is 0. The first-order valence-electron chi connectivity index (χ1n) is 9.91. The van der Waals surface area contributed by atoms with E-state index in [-0.39, 0.29) is 5.60 Å². The Morgan fingerprint density at radius 3 is 1.24 bits per heavy atom. The van der Waals surface area contributed by atoms with Crippen molar-refractivity contribution in [1.82, 2.24) is 0 Å². The normalized spacial score (nSPS) is 12.0. The maximum atomic E-state index is 10.8. The lowest BCUT2D eigenvalue weighted by Crippen LogP contribution is -2.28. The molecule has 0 fully saturated rings. The summed E-state index contributed by atoms with van der Waals surface area (Å²) in [6.07, 6.45) is 20.1. The first-order chi connectivity index (χ1) is 10.2. The molecule has 0 aromatic rings. The first kappa shape index (κ1) is 21.0. The summed E-state index contributed by atoms with van der Waals surface area (Å²) in [4.78, 5) is 0. The zero-order valence-corrected chi connectivity index (χ0v) is 15.3. The third kappa shape index (κ3) is 13.4. The van der Waals surface area contributed by atoms with Gasteiger partial charge in [0.15, 0.2) is 0 Å². The molecule has 0 heterocycles. The highest BCUT2D eigenvalue weighted by molar-refractivity contribution is 4.78. The summed E-state index contributed by atoms with van der Waals surface area (Å²) in [6, 6.07) is 0. The van der Waals surface area contributed by atoms with Crippen LogP contribution in [0.4, 0.5) is 0 Å². The van der Waals surface area contributed by atoms with E-state index >= 15 is 0 Å². The van der Waals surface area contributed by atoms with Crippen LogP contribution in [-0.2, 0) is 0 Å². The zero-order chi connectivity index (χ0) is 15.8. The molecule has 1 nitrogen and oxygen atoms in total. The Balaban J connectivity index is 3.62. The highest BCUT2D eigenvalue weighted by atomic mass is 16.3. The first-order valence-corrected chi connectivity index (χ1v) is 9.91. The summed E-state index contributed by atoms with van der Waals surface area (Å²) < 4.78 is 0. The van der Waals surface area contributed by atoms with E-state index in [2.05, 4.69) is 20.8 Å². The fraction of sp³-hybridized carbons (Fsp3) is 1.00. The SMILES string of the molecule is CCCCCCCCCCCC(O)(CCCC)CCCC. The summed E-state index contributed by atoms with van der Waals surface area (Å²) in [7, 11) is 0. The Morgan fingerprint density at radius 1 is 0.476 bits per heavy atom. The molecule has 0 atom stereocenters. The van der Waals surface area contributed by atoms with Gasteiger partial charge in [0.1, 0.15) is 0 Å². The number of rotatable bonds is 16. The Labute approximate surface area is 134 Å². The average Bonchev–Trinajstić information content (AvgIpc) is 2.49. The largest absolute Gasteiger partial charge is 0.390 e. The van der Waals surface area contributed by atoms with Gasteiger partial charge < -0.3 is 5.11 Å². The molecule has 0 aromatic carbocycles. The molecule has 0 radical (unpaired) electrons. The molecular weight excluding hydrogens is 256 g/mol. The Hall–Kier alpha value is -0.0400. The Morgan fingerprint density at radius 2 is 0.810 bits per heavy atom. The molecule has 0 unspecified atom stereocenters. The zero-order valence-electron chi connectivity index (χ0n) is 15.3. The van der Waals surface area contributed by atoms with Crippen LogP contribution in [0, 0.1) is 0 Å². The standard InChI is InChI=1S/C20H42O/c1-4-7-10-11-12-13-14-15-16-19-20(21,17-8-5-2)18-9-6-3/h21H,4-19H2,1-3H3. The molecule has 0 saturated carbocycles. The van der Waals surface area contributed by atoms with Crippen LogP contribution in [0.5, 0.6) is 0 Å². The summed E-state index contributed by atoms with van der Waals surface area (Å²) >= 11 is 0. The molecule has 128 valence electrons. The van der Waals surface area contributed by atoms with E-state index in [1.807, 2.05) is 0 Å². The molecule has 0 rings (SSSR count). The second kappa shape index (κ2) is 14.9. The molecule has 0 aliphatic carbocycles. The van der Waals surface area contributed by atoms with E-state index in [9.17, 15) is 5.11 Å². The molecule has 0 aliphatic rings. The van der Waals surface area contributed by atoms with E-state index in [1.165, 1.54) is 83.5 Å². The molecule has 0 bridgehead atoms. The highest BCUT2D eigenvalue weighted by Gasteiger charge is 2.24. The number of aliphatic hydroxyl groups is 1. The van der Waals surface area contributed by atoms with Gasteiger partial charge >= 0.3 is 0 Å². The average molecular weight is 299 g/mol. The molecule has 0 aromatic heterocycles. The van der Waals surface area contributed by atoms with E-state index in [4.69, 9.17) is 0 Å². The minimum absolute atomic E-state index is 0.354. The number of hydrogen-bond donors (Lipinski definition) is 1. The van der Waals surface area contributed by atoms with Gasteiger partial charge in [-0.05, 0) is 19.3 Å². The van der Waals surface area contributed by atoms with Crippen molar-refractivity contribution in [3.63, 3.8) is 0 Å². The molecule has 0 spiro atoms. The van der Waals surface area contributed by atoms with Crippen LogP contribution in [0.25, 0.3) is 0 Å².